The molecule has 3 rings (SSSR count). The number of carboxylic acid groups (broad SMARTS) is 1. The summed E-state index contributed by atoms with van der Waals surface area (Å²) >= 11 is 0. The van der Waals surface area contributed by atoms with Crippen molar-refractivity contribution in [1.82, 2.24) is 9.97 Å². The van der Waals surface area contributed by atoms with Crippen molar-refractivity contribution in [2.75, 3.05) is 36.0 Å². The predicted octanol–water partition coefficient (Wildman–Crippen LogP) is 6.16. The van der Waals surface area contributed by atoms with Crippen LogP contribution in [0.3, 0.4) is 0 Å². The maximum Gasteiger partial charge on any atom is 0.311 e. The molecule has 32 heavy (non-hydrogen) atoms. The van der Waals surface area contributed by atoms with Crippen LogP contribution in [0.1, 0.15) is 115 Å². The molecule has 1 N–H and O–H groups in total. The normalized spacial score (nSPS) is 17.3. The molecule has 180 valence electrons. The summed E-state index contributed by atoms with van der Waals surface area (Å²) in [5, 5.41) is 10.0. The van der Waals surface area contributed by atoms with Gasteiger partial charge in [-0.3, -0.25) is 4.79 Å². The minimum Gasteiger partial charge on any atom is -0.481 e. The average Bonchev–Trinajstić information content (AvgIpc) is 3.52. The number of carbonyl (C=O) groups is 1. The number of aromatic nitrogens is 2. The lowest BCUT2D eigenvalue weighted by Gasteiger charge is -2.25. The smallest absolute Gasteiger partial charge is 0.311 e. The van der Waals surface area contributed by atoms with Gasteiger partial charge in [-0.15, -0.1) is 0 Å². The summed E-state index contributed by atoms with van der Waals surface area (Å²) in [7, 11) is 0. The molecule has 0 aliphatic carbocycles. The van der Waals surface area contributed by atoms with E-state index in [4.69, 9.17) is 4.98 Å². The first-order valence-corrected chi connectivity index (χ1v) is 13.3. The van der Waals surface area contributed by atoms with E-state index in [0.29, 0.717) is 6.42 Å². The molecule has 1 aromatic heterocycles. The number of carboxylic acids is 1. The van der Waals surface area contributed by atoms with Crippen molar-refractivity contribution in [3.8, 4) is 0 Å². The third-order valence-electron chi connectivity index (χ3n) is 7.10. The summed E-state index contributed by atoms with van der Waals surface area (Å²) in [5.41, 5.74) is 0.818. The largest absolute Gasteiger partial charge is 0.481 e. The molecule has 2 saturated heterocycles. The summed E-state index contributed by atoms with van der Waals surface area (Å²) < 4.78 is 0. The number of rotatable bonds is 15. The molecule has 1 aromatic rings. The fourth-order valence-electron chi connectivity index (χ4n) is 5.12. The van der Waals surface area contributed by atoms with Crippen molar-refractivity contribution in [2.24, 2.45) is 0 Å². The Hall–Kier alpha value is -1.85. The number of hydrogen-bond donors (Lipinski definition) is 1. The first-order chi connectivity index (χ1) is 15.7. The summed E-state index contributed by atoms with van der Waals surface area (Å²) in [4.78, 5) is 26.3. The summed E-state index contributed by atoms with van der Waals surface area (Å²) in [5.74, 6) is 0.404. The lowest BCUT2D eigenvalue weighted by atomic mass is 9.93. The maximum atomic E-state index is 12.2. The van der Waals surface area contributed by atoms with Crippen LogP contribution < -0.4 is 9.80 Å². The Labute approximate surface area is 194 Å². The molecule has 0 saturated carbocycles. The van der Waals surface area contributed by atoms with Crippen molar-refractivity contribution in [2.45, 2.75) is 109 Å². The molecule has 0 aromatic carbocycles. The van der Waals surface area contributed by atoms with Crippen LogP contribution in [0.5, 0.6) is 0 Å². The second-order valence-corrected chi connectivity index (χ2v) is 9.70. The second-order valence-electron chi connectivity index (χ2n) is 9.70. The summed E-state index contributed by atoms with van der Waals surface area (Å²) in [6, 6.07) is 0. The Bertz CT molecular complexity index is 684. The number of nitrogens with zero attached hydrogens (tertiary/aromatic N) is 4. The van der Waals surface area contributed by atoms with Crippen LogP contribution >= 0.6 is 0 Å². The van der Waals surface area contributed by atoms with Gasteiger partial charge in [0.15, 0.2) is 0 Å². The fraction of sp³-hybridized carbons (Fsp3) is 0.808. The van der Waals surface area contributed by atoms with E-state index in [1.54, 1.807) is 0 Å². The zero-order valence-electron chi connectivity index (χ0n) is 20.2. The molecular formula is C26H44N4O2. The molecule has 2 fully saturated rings. The van der Waals surface area contributed by atoms with Crippen LogP contribution in [-0.4, -0.2) is 47.2 Å². The van der Waals surface area contributed by atoms with Crippen LogP contribution in [0.4, 0.5) is 11.8 Å². The molecule has 2 aliphatic rings. The van der Waals surface area contributed by atoms with Gasteiger partial charge in [0.05, 0.1) is 5.92 Å². The quantitative estimate of drug-likeness (QED) is 0.327. The minimum atomic E-state index is -0.737. The zero-order chi connectivity index (χ0) is 22.6. The number of anilines is 2. The lowest BCUT2D eigenvalue weighted by molar-refractivity contribution is -0.139. The van der Waals surface area contributed by atoms with Crippen LogP contribution in [-0.2, 0) is 4.79 Å². The molecule has 2 aliphatic heterocycles. The topological polar surface area (TPSA) is 69.6 Å². The molecule has 6 nitrogen and oxygen atoms in total. The van der Waals surface area contributed by atoms with Gasteiger partial charge in [-0.2, -0.15) is 4.98 Å². The predicted molar refractivity (Wildman–Crippen MR) is 132 cm³/mol. The van der Waals surface area contributed by atoms with Gasteiger partial charge < -0.3 is 14.9 Å². The number of unbranched alkanes of at least 4 members (excludes halogenated alkanes) is 9. The van der Waals surface area contributed by atoms with Crippen LogP contribution in [0.15, 0.2) is 6.20 Å². The van der Waals surface area contributed by atoms with E-state index >= 15 is 0 Å². The SMILES string of the molecule is CCCCCCCCCCCCC(C(=O)O)c1cnc(N2CCCC2)nc1N1CCCC1. The third kappa shape index (κ3) is 7.35. The van der Waals surface area contributed by atoms with Crippen molar-refractivity contribution in [3.63, 3.8) is 0 Å². The van der Waals surface area contributed by atoms with Gasteiger partial charge in [-0.25, -0.2) is 4.98 Å². The van der Waals surface area contributed by atoms with E-state index in [9.17, 15) is 9.90 Å². The highest BCUT2D eigenvalue weighted by Crippen LogP contribution is 2.33. The molecule has 0 bridgehead atoms. The highest BCUT2D eigenvalue weighted by molar-refractivity contribution is 5.78. The maximum absolute atomic E-state index is 12.2. The highest BCUT2D eigenvalue weighted by Gasteiger charge is 2.29. The van der Waals surface area contributed by atoms with E-state index in [2.05, 4.69) is 21.7 Å². The molecule has 0 radical (unpaired) electrons. The standard InChI is InChI=1S/C26H44N4O2/c1-2-3-4-5-6-7-8-9-10-11-16-22(25(31)32)23-21-27-26(30-19-14-15-20-30)28-24(23)29-17-12-13-18-29/h21-22H,2-20H2,1H3,(H,31,32). The number of hydrogen-bond acceptors (Lipinski definition) is 5. The van der Waals surface area contributed by atoms with E-state index < -0.39 is 11.9 Å². The average molecular weight is 445 g/mol. The van der Waals surface area contributed by atoms with Crippen molar-refractivity contribution < 1.29 is 9.90 Å². The van der Waals surface area contributed by atoms with Crippen LogP contribution in [0.2, 0.25) is 0 Å². The molecule has 6 heteroatoms. The molecule has 1 unspecified atom stereocenters. The lowest BCUT2D eigenvalue weighted by Crippen LogP contribution is -2.27. The first kappa shape index (κ1) is 24.8. The molecule has 0 spiro atoms. The van der Waals surface area contributed by atoms with Crippen LogP contribution in [0.25, 0.3) is 0 Å². The van der Waals surface area contributed by atoms with Crippen molar-refractivity contribution >= 4 is 17.7 Å². The Morgan fingerprint density at radius 3 is 1.97 bits per heavy atom. The van der Waals surface area contributed by atoms with E-state index in [1.807, 2.05) is 6.20 Å². The fourth-order valence-corrected chi connectivity index (χ4v) is 5.12. The summed E-state index contributed by atoms with van der Waals surface area (Å²) in [6.07, 6.45) is 19.8. The zero-order valence-corrected chi connectivity index (χ0v) is 20.2. The molecular weight excluding hydrogens is 400 g/mol. The van der Waals surface area contributed by atoms with E-state index in [-0.39, 0.29) is 0 Å². The van der Waals surface area contributed by atoms with Gasteiger partial charge >= 0.3 is 5.97 Å². The molecule has 3 heterocycles. The van der Waals surface area contributed by atoms with Gasteiger partial charge in [0.2, 0.25) is 5.95 Å². The van der Waals surface area contributed by atoms with E-state index in [1.165, 1.54) is 64.2 Å². The second kappa shape index (κ2) is 13.6. The van der Waals surface area contributed by atoms with Gasteiger partial charge in [0, 0.05) is 37.9 Å². The first-order valence-electron chi connectivity index (χ1n) is 13.3. The Morgan fingerprint density at radius 2 is 1.41 bits per heavy atom. The molecule has 0 amide bonds. The minimum absolute atomic E-state index is 0.507. The van der Waals surface area contributed by atoms with Crippen LogP contribution in [0, 0.1) is 0 Å². The Morgan fingerprint density at radius 1 is 0.875 bits per heavy atom. The Kier molecular flexibility index (Phi) is 10.6. The van der Waals surface area contributed by atoms with Gasteiger partial charge in [0.25, 0.3) is 0 Å². The summed E-state index contributed by atoms with van der Waals surface area (Å²) in [6.45, 7) is 6.19. The van der Waals surface area contributed by atoms with Crippen molar-refractivity contribution in [3.05, 3.63) is 11.8 Å². The van der Waals surface area contributed by atoms with Gasteiger partial charge in [0.1, 0.15) is 5.82 Å². The molecule has 1 atom stereocenters. The highest BCUT2D eigenvalue weighted by atomic mass is 16.4. The Balaban J connectivity index is 1.54. The van der Waals surface area contributed by atoms with Gasteiger partial charge in [-0.05, 0) is 32.1 Å². The monoisotopic (exact) mass is 444 g/mol. The number of aliphatic carboxylic acids is 1. The van der Waals surface area contributed by atoms with E-state index in [0.717, 1.165) is 69.2 Å². The van der Waals surface area contributed by atoms with Crippen molar-refractivity contribution in [1.29, 1.82) is 0 Å². The van der Waals surface area contributed by atoms with Gasteiger partial charge in [-0.1, -0.05) is 71.1 Å². The third-order valence-corrected chi connectivity index (χ3v) is 7.10.